The van der Waals surface area contributed by atoms with Crippen molar-refractivity contribution in [2.24, 2.45) is 0 Å². The molecule has 2 rings (SSSR count). The van der Waals surface area contributed by atoms with E-state index in [4.69, 9.17) is 5.11 Å². The van der Waals surface area contributed by atoms with Gasteiger partial charge in [-0.2, -0.15) is 0 Å². The van der Waals surface area contributed by atoms with Gasteiger partial charge in [0.1, 0.15) is 5.00 Å². The summed E-state index contributed by atoms with van der Waals surface area (Å²) in [7, 11) is 0. The average molecular weight is 254 g/mol. The Morgan fingerprint density at radius 3 is 3.00 bits per heavy atom. The van der Waals surface area contributed by atoms with Crippen molar-refractivity contribution in [3.63, 3.8) is 0 Å². The number of anilines is 1. The number of nitrogens with zero attached hydrogens (tertiary/aromatic N) is 1. The van der Waals surface area contributed by atoms with Crippen molar-refractivity contribution in [1.82, 2.24) is 4.98 Å². The van der Waals surface area contributed by atoms with E-state index in [9.17, 15) is 4.79 Å². The van der Waals surface area contributed by atoms with Crippen molar-refractivity contribution in [1.29, 1.82) is 0 Å². The summed E-state index contributed by atoms with van der Waals surface area (Å²) < 4.78 is 0. The molecule has 16 heavy (non-hydrogen) atoms. The van der Waals surface area contributed by atoms with Gasteiger partial charge in [0.25, 0.3) is 0 Å². The van der Waals surface area contributed by atoms with Crippen LogP contribution in [0.2, 0.25) is 0 Å². The van der Waals surface area contributed by atoms with Crippen molar-refractivity contribution >= 4 is 33.6 Å². The Hall–Kier alpha value is -1.40. The van der Waals surface area contributed by atoms with E-state index in [1.807, 2.05) is 24.4 Å². The molecule has 0 bridgehead atoms. The lowest BCUT2D eigenvalue weighted by molar-refractivity contribution is 0.0692. The fourth-order valence-electron chi connectivity index (χ4n) is 1.31. The summed E-state index contributed by atoms with van der Waals surface area (Å²) >= 11 is 2.95. The van der Waals surface area contributed by atoms with Gasteiger partial charge in [-0.3, -0.25) is 0 Å². The van der Waals surface area contributed by atoms with Crippen molar-refractivity contribution in [2.45, 2.75) is 13.0 Å². The van der Waals surface area contributed by atoms with Gasteiger partial charge in [0.2, 0.25) is 0 Å². The lowest BCUT2D eigenvalue weighted by atomic mass is 10.3. The molecule has 1 unspecified atom stereocenters. The van der Waals surface area contributed by atoms with Crippen LogP contribution in [-0.2, 0) is 0 Å². The number of aromatic carboxylic acids is 1. The summed E-state index contributed by atoms with van der Waals surface area (Å²) in [6.45, 7) is 2.00. The predicted octanol–water partition coefficient (Wildman–Crippen LogP) is 3.08. The Bertz CT molecular complexity index is 479. The number of carboxylic acid groups (broad SMARTS) is 1. The highest BCUT2D eigenvalue weighted by Gasteiger charge is 2.16. The first-order valence-electron chi connectivity index (χ1n) is 4.65. The fraction of sp³-hybridized carbons (Fsp3) is 0.200. The molecule has 2 N–H and O–H groups in total. The third kappa shape index (κ3) is 2.23. The Labute approximate surface area is 101 Å². The lowest BCUT2D eigenvalue weighted by Crippen LogP contribution is -2.08. The Morgan fingerprint density at radius 1 is 1.56 bits per heavy atom. The summed E-state index contributed by atoms with van der Waals surface area (Å²) in [5, 5.41) is 14.7. The lowest BCUT2D eigenvalue weighted by Gasteiger charge is -2.11. The number of rotatable bonds is 4. The second-order valence-electron chi connectivity index (χ2n) is 3.22. The predicted molar refractivity (Wildman–Crippen MR) is 65.4 cm³/mol. The molecule has 6 heteroatoms. The zero-order chi connectivity index (χ0) is 11.5. The van der Waals surface area contributed by atoms with Crippen molar-refractivity contribution in [2.75, 3.05) is 5.32 Å². The molecule has 0 saturated heterocycles. The molecule has 0 radical (unpaired) electrons. The Balaban J connectivity index is 2.15. The zero-order valence-corrected chi connectivity index (χ0v) is 10.1. The molecule has 2 heterocycles. The quantitative estimate of drug-likeness (QED) is 0.880. The molecule has 4 nitrogen and oxygen atoms in total. The summed E-state index contributed by atoms with van der Waals surface area (Å²) in [5.74, 6) is -0.998. The number of hydrogen-bond acceptors (Lipinski definition) is 5. The number of hydrogen-bond donors (Lipinski definition) is 2. The number of thiazole rings is 1. The molecule has 0 aromatic carbocycles. The molecule has 1 atom stereocenters. The number of nitrogens with one attached hydrogen (secondary N) is 1. The number of carboxylic acids is 1. The normalized spacial score (nSPS) is 12.3. The average Bonchev–Trinajstić information content (AvgIpc) is 2.86. The van der Waals surface area contributed by atoms with Gasteiger partial charge in [-0.15, -0.1) is 22.7 Å². The molecule has 0 aliphatic heterocycles. The molecule has 0 saturated carbocycles. The van der Waals surface area contributed by atoms with Crippen LogP contribution in [0.3, 0.4) is 0 Å². The van der Waals surface area contributed by atoms with Crippen LogP contribution in [0.4, 0.5) is 5.00 Å². The molecule has 2 aromatic heterocycles. The Kier molecular flexibility index (Phi) is 3.21. The minimum Gasteiger partial charge on any atom is -0.476 e. The van der Waals surface area contributed by atoms with Crippen molar-refractivity contribution in [3.8, 4) is 0 Å². The zero-order valence-electron chi connectivity index (χ0n) is 8.51. The minimum atomic E-state index is -0.998. The monoisotopic (exact) mass is 254 g/mol. The largest absolute Gasteiger partial charge is 0.476 e. The van der Waals surface area contributed by atoms with Gasteiger partial charge >= 0.3 is 5.97 Å². The van der Waals surface area contributed by atoms with Gasteiger partial charge in [0, 0.05) is 4.88 Å². The van der Waals surface area contributed by atoms with Gasteiger partial charge in [-0.1, -0.05) is 6.07 Å². The first kappa shape index (κ1) is 11.1. The fourth-order valence-corrected chi connectivity index (χ4v) is 2.80. The van der Waals surface area contributed by atoms with Crippen LogP contribution in [0.25, 0.3) is 0 Å². The first-order chi connectivity index (χ1) is 7.68. The highest BCUT2D eigenvalue weighted by molar-refractivity contribution is 7.14. The second-order valence-corrected chi connectivity index (χ2v) is 5.05. The summed E-state index contributed by atoms with van der Waals surface area (Å²) in [5.41, 5.74) is 1.63. The minimum absolute atomic E-state index is 0.0911. The molecular weight excluding hydrogens is 244 g/mol. The van der Waals surface area contributed by atoms with Crippen LogP contribution in [0, 0.1) is 0 Å². The van der Waals surface area contributed by atoms with E-state index < -0.39 is 5.97 Å². The van der Waals surface area contributed by atoms with Crippen LogP contribution in [0.15, 0.2) is 23.0 Å². The molecular formula is C10H10N2O2S2. The van der Waals surface area contributed by atoms with Gasteiger partial charge in [-0.25, -0.2) is 9.78 Å². The van der Waals surface area contributed by atoms with Crippen LogP contribution < -0.4 is 5.32 Å². The highest BCUT2D eigenvalue weighted by Crippen LogP contribution is 2.27. The topological polar surface area (TPSA) is 62.2 Å². The smallest absolute Gasteiger partial charge is 0.357 e. The van der Waals surface area contributed by atoms with Gasteiger partial charge in [0.15, 0.2) is 5.69 Å². The summed E-state index contributed by atoms with van der Waals surface area (Å²) in [4.78, 5) is 15.8. The number of carbonyl (C=O) groups is 1. The Morgan fingerprint density at radius 2 is 2.38 bits per heavy atom. The maximum atomic E-state index is 10.9. The van der Waals surface area contributed by atoms with E-state index in [1.165, 1.54) is 21.7 Å². The molecule has 0 spiro atoms. The SMILES string of the molecule is CC(Nc1scnc1C(=O)O)c1cccs1. The van der Waals surface area contributed by atoms with E-state index in [0.717, 1.165) is 0 Å². The molecule has 0 amide bonds. The van der Waals surface area contributed by atoms with Crippen molar-refractivity contribution in [3.05, 3.63) is 33.6 Å². The highest BCUT2D eigenvalue weighted by atomic mass is 32.1. The third-order valence-corrected chi connectivity index (χ3v) is 3.90. The summed E-state index contributed by atoms with van der Waals surface area (Å²) in [6, 6.07) is 4.09. The van der Waals surface area contributed by atoms with Gasteiger partial charge < -0.3 is 10.4 Å². The second kappa shape index (κ2) is 4.63. The van der Waals surface area contributed by atoms with E-state index >= 15 is 0 Å². The van der Waals surface area contributed by atoms with Gasteiger partial charge in [0.05, 0.1) is 11.6 Å². The molecule has 84 valence electrons. The van der Waals surface area contributed by atoms with Gasteiger partial charge in [-0.05, 0) is 18.4 Å². The van der Waals surface area contributed by atoms with Crippen molar-refractivity contribution < 1.29 is 9.90 Å². The molecule has 0 fully saturated rings. The molecule has 0 aliphatic carbocycles. The first-order valence-corrected chi connectivity index (χ1v) is 6.41. The maximum absolute atomic E-state index is 10.9. The van der Waals surface area contributed by atoms with Crippen LogP contribution in [-0.4, -0.2) is 16.1 Å². The number of aromatic nitrogens is 1. The third-order valence-electron chi connectivity index (χ3n) is 2.09. The number of thiophene rings is 1. The summed E-state index contributed by atoms with van der Waals surface area (Å²) in [6.07, 6.45) is 0. The molecule has 0 aliphatic rings. The standard InChI is InChI=1S/C10H10N2O2S2/c1-6(7-3-2-4-15-7)12-9-8(10(13)14)11-5-16-9/h2-6,12H,1H3,(H,13,14). The van der Waals surface area contributed by atoms with E-state index in [1.54, 1.807) is 11.3 Å². The van der Waals surface area contributed by atoms with E-state index in [2.05, 4.69) is 10.3 Å². The van der Waals surface area contributed by atoms with Crippen LogP contribution in [0.1, 0.15) is 28.3 Å². The maximum Gasteiger partial charge on any atom is 0.357 e. The van der Waals surface area contributed by atoms with Crippen LogP contribution >= 0.6 is 22.7 Å². The van der Waals surface area contributed by atoms with E-state index in [-0.39, 0.29) is 11.7 Å². The molecule has 2 aromatic rings. The van der Waals surface area contributed by atoms with E-state index in [0.29, 0.717) is 5.00 Å². The van der Waals surface area contributed by atoms with Crippen LogP contribution in [0.5, 0.6) is 0 Å².